The van der Waals surface area contributed by atoms with Gasteiger partial charge >= 0.3 is 0 Å². The molecule has 0 aromatic heterocycles. The zero-order valence-corrected chi connectivity index (χ0v) is 8.06. The molecule has 14 heavy (non-hydrogen) atoms. The molecule has 0 bridgehead atoms. The highest BCUT2D eigenvalue weighted by Crippen LogP contribution is 2.21. The van der Waals surface area contributed by atoms with E-state index < -0.39 is 0 Å². The molecule has 0 radical (unpaired) electrons. The van der Waals surface area contributed by atoms with Crippen molar-refractivity contribution in [3.8, 4) is 0 Å². The van der Waals surface area contributed by atoms with Gasteiger partial charge in [-0.15, -0.1) is 0 Å². The molecule has 74 valence electrons. The zero-order valence-electron chi connectivity index (χ0n) is 8.06. The number of hydrogen-bond donors (Lipinski definition) is 0. The van der Waals surface area contributed by atoms with Crippen molar-refractivity contribution in [1.29, 1.82) is 0 Å². The molecule has 1 aromatic carbocycles. The quantitative estimate of drug-likeness (QED) is 0.421. The number of nitrogens with zero attached hydrogens (tertiary/aromatic N) is 1. The van der Waals surface area contributed by atoms with Crippen molar-refractivity contribution in [1.82, 2.24) is 0 Å². The van der Waals surface area contributed by atoms with Crippen LogP contribution in [0.5, 0.6) is 0 Å². The molecular weight excluding hydrogens is 182 g/mol. The number of nitro groups is 1. The van der Waals surface area contributed by atoms with E-state index in [-0.39, 0.29) is 10.6 Å². The minimum absolute atomic E-state index is 0.128. The summed E-state index contributed by atoms with van der Waals surface area (Å²) in [5.74, 6) is 0. The molecule has 1 aromatic rings. The van der Waals surface area contributed by atoms with E-state index in [0.717, 1.165) is 5.56 Å². The average molecular weight is 193 g/mol. The van der Waals surface area contributed by atoms with Crippen LogP contribution in [0.4, 0.5) is 5.69 Å². The molecule has 1 rings (SSSR count). The van der Waals surface area contributed by atoms with Crippen molar-refractivity contribution in [2.24, 2.45) is 0 Å². The number of ether oxygens (including phenoxy) is 1. The van der Waals surface area contributed by atoms with Gasteiger partial charge in [0, 0.05) is 11.6 Å². The Kier molecular flexibility index (Phi) is 3.23. The van der Waals surface area contributed by atoms with Crippen molar-refractivity contribution in [3.63, 3.8) is 0 Å². The molecule has 0 saturated heterocycles. The second-order valence-electron chi connectivity index (χ2n) is 2.79. The fourth-order valence-corrected chi connectivity index (χ4v) is 1.16. The molecule has 0 heterocycles. The highest BCUT2D eigenvalue weighted by Gasteiger charge is 2.10. The van der Waals surface area contributed by atoms with Gasteiger partial charge in [0.2, 0.25) is 0 Å². The lowest BCUT2D eigenvalue weighted by Gasteiger charge is -2.00. The third-order valence-corrected chi connectivity index (χ3v) is 1.93. The summed E-state index contributed by atoms with van der Waals surface area (Å²) in [7, 11) is 1.53. The fourth-order valence-electron chi connectivity index (χ4n) is 1.16. The van der Waals surface area contributed by atoms with E-state index in [0.29, 0.717) is 5.56 Å². The van der Waals surface area contributed by atoms with Crippen molar-refractivity contribution in [3.05, 3.63) is 45.7 Å². The third-order valence-electron chi connectivity index (χ3n) is 1.93. The molecule has 0 fully saturated rings. The van der Waals surface area contributed by atoms with Gasteiger partial charge in [0.1, 0.15) is 0 Å². The van der Waals surface area contributed by atoms with Crippen molar-refractivity contribution in [2.45, 2.75) is 6.92 Å². The minimum atomic E-state index is -0.389. The number of methoxy groups -OCH3 is 1. The Bertz CT molecular complexity index is 372. The monoisotopic (exact) mass is 193 g/mol. The summed E-state index contributed by atoms with van der Waals surface area (Å²) in [6.45, 7) is 1.72. The predicted octanol–water partition coefficient (Wildman–Crippen LogP) is 2.52. The Morgan fingerprint density at radius 1 is 1.50 bits per heavy atom. The topological polar surface area (TPSA) is 52.4 Å². The van der Waals surface area contributed by atoms with Gasteiger partial charge in [0.25, 0.3) is 5.69 Å². The molecule has 4 nitrogen and oxygen atoms in total. The summed E-state index contributed by atoms with van der Waals surface area (Å²) in [6.07, 6.45) is 3.19. The fraction of sp³-hybridized carbons (Fsp3) is 0.200. The van der Waals surface area contributed by atoms with Gasteiger partial charge in [-0.2, -0.15) is 0 Å². The first-order valence-corrected chi connectivity index (χ1v) is 4.10. The Balaban J connectivity index is 3.14. The van der Waals surface area contributed by atoms with Crippen LogP contribution in [0, 0.1) is 17.0 Å². The number of benzene rings is 1. The number of rotatable bonds is 3. The summed E-state index contributed by atoms with van der Waals surface area (Å²) in [5.41, 5.74) is 1.56. The summed E-state index contributed by atoms with van der Waals surface area (Å²) in [5, 5.41) is 10.6. The maximum absolute atomic E-state index is 10.6. The predicted molar refractivity (Wildman–Crippen MR) is 53.9 cm³/mol. The highest BCUT2D eigenvalue weighted by atomic mass is 16.6. The smallest absolute Gasteiger partial charge is 0.272 e. The zero-order chi connectivity index (χ0) is 10.6. The number of nitro benzene ring substituents is 1. The first-order chi connectivity index (χ1) is 6.66. The van der Waals surface area contributed by atoms with Gasteiger partial charge in [0.05, 0.1) is 18.3 Å². The van der Waals surface area contributed by atoms with E-state index in [2.05, 4.69) is 0 Å². The molecule has 0 aliphatic rings. The molecule has 0 saturated carbocycles. The molecule has 0 atom stereocenters. The van der Waals surface area contributed by atoms with E-state index in [9.17, 15) is 10.1 Å². The van der Waals surface area contributed by atoms with Crippen LogP contribution < -0.4 is 0 Å². The molecule has 0 amide bonds. The molecule has 0 N–H and O–H groups in total. The van der Waals surface area contributed by atoms with Crippen LogP contribution >= 0.6 is 0 Å². The minimum Gasteiger partial charge on any atom is -0.504 e. The Morgan fingerprint density at radius 2 is 2.21 bits per heavy atom. The summed E-state index contributed by atoms with van der Waals surface area (Å²) >= 11 is 0. The lowest BCUT2D eigenvalue weighted by Crippen LogP contribution is -1.93. The second kappa shape index (κ2) is 4.41. The van der Waals surface area contributed by atoms with Crippen LogP contribution in [0.25, 0.3) is 6.08 Å². The Hall–Kier alpha value is -1.84. The molecule has 4 heteroatoms. The molecule has 0 spiro atoms. The first-order valence-electron chi connectivity index (χ1n) is 4.10. The molecule has 0 unspecified atom stereocenters. The lowest BCUT2D eigenvalue weighted by atomic mass is 10.1. The molecule has 0 aliphatic heterocycles. The van der Waals surface area contributed by atoms with E-state index in [1.54, 1.807) is 25.1 Å². The van der Waals surface area contributed by atoms with Crippen molar-refractivity contribution < 1.29 is 9.66 Å². The van der Waals surface area contributed by atoms with Gasteiger partial charge in [-0.3, -0.25) is 10.1 Å². The van der Waals surface area contributed by atoms with Crippen LogP contribution in [0.3, 0.4) is 0 Å². The van der Waals surface area contributed by atoms with Gasteiger partial charge in [0.15, 0.2) is 0 Å². The van der Waals surface area contributed by atoms with E-state index in [1.165, 1.54) is 19.4 Å². The highest BCUT2D eigenvalue weighted by molar-refractivity contribution is 5.59. The summed E-state index contributed by atoms with van der Waals surface area (Å²) < 4.78 is 4.75. The first kappa shape index (κ1) is 10.2. The van der Waals surface area contributed by atoms with Crippen LogP contribution in [0.15, 0.2) is 24.5 Å². The Labute approximate surface area is 82.0 Å². The van der Waals surface area contributed by atoms with Crippen LogP contribution in [0.1, 0.15) is 11.1 Å². The normalized spacial score (nSPS) is 10.4. The van der Waals surface area contributed by atoms with E-state index in [4.69, 9.17) is 4.74 Å². The van der Waals surface area contributed by atoms with Gasteiger partial charge in [-0.05, 0) is 18.6 Å². The Morgan fingerprint density at radius 3 is 2.79 bits per heavy atom. The van der Waals surface area contributed by atoms with E-state index >= 15 is 0 Å². The van der Waals surface area contributed by atoms with Crippen molar-refractivity contribution >= 4 is 11.8 Å². The summed E-state index contributed by atoms with van der Waals surface area (Å²) in [4.78, 5) is 10.2. The average Bonchev–Trinajstić information content (AvgIpc) is 2.16. The maximum Gasteiger partial charge on any atom is 0.272 e. The standard InChI is InChI=1S/C10H11NO3/c1-8-9(6-7-14-2)4-3-5-10(8)11(12)13/h3-7H,1-2H3. The van der Waals surface area contributed by atoms with Gasteiger partial charge in [-0.25, -0.2) is 0 Å². The van der Waals surface area contributed by atoms with Crippen LogP contribution in [-0.2, 0) is 4.74 Å². The van der Waals surface area contributed by atoms with Crippen molar-refractivity contribution in [2.75, 3.05) is 7.11 Å². The molecule has 0 aliphatic carbocycles. The largest absolute Gasteiger partial charge is 0.504 e. The van der Waals surface area contributed by atoms with Crippen LogP contribution in [-0.4, -0.2) is 12.0 Å². The van der Waals surface area contributed by atoms with Gasteiger partial charge in [-0.1, -0.05) is 12.1 Å². The third kappa shape index (κ3) is 2.10. The lowest BCUT2D eigenvalue weighted by molar-refractivity contribution is -0.385. The summed E-state index contributed by atoms with van der Waals surface area (Å²) in [6, 6.07) is 4.94. The van der Waals surface area contributed by atoms with Gasteiger partial charge < -0.3 is 4.74 Å². The second-order valence-corrected chi connectivity index (χ2v) is 2.79. The maximum atomic E-state index is 10.6. The number of hydrogen-bond acceptors (Lipinski definition) is 3. The van der Waals surface area contributed by atoms with E-state index in [1.807, 2.05) is 0 Å². The SMILES string of the molecule is COC=Cc1cccc([N+](=O)[O-])c1C. The molecular formula is C10H11NO3. The van der Waals surface area contributed by atoms with Crippen LogP contribution in [0.2, 0.25) is 0 Å².